The molecule has 170 valence electrons. The van der Waals surface area contributed by atoms with Crippen LogP contribution in [0.3, 0.4) is 0 Å². The molecule has 4 heteroatoms. The van der Waals surface area contributed by atoms with E-state index in [-0.39, 0.29) is 18.0 Å². The summed E-state index contributed by atoms with van der Waals surface area (Å²) in [4.78, 5) is 15.6. The van der Waals surface area contributed by atoms with Crippen molar-refractivity contribution >= 4 is 17.4 Å². The highest BCUT2D eigenvalue weighted by atomic mass is 16.5. The van der Waals surface area contributed by atoms with Crippen LogP contribution in [0.1, 0.15) is 35.1 Å². The summed E-state index contributed by atoms with van der Waals surface area (Å²) in [6.07, 6.45) is 1.95. The van der Waals surface area contributed by atoms with Crippen molar-refractivity contribution in [2.75, 3.05) is 12.0 Å². The van der Waals surface area contributed by atoms with Crippen LogP contribution in [0.2, 0.25) is 0 Å². The molecule has 0 saturated carbocycles. The third-order valence-corrected chi connectivity index (χ3v) is 6.57. The molecule has 0 spiro atoms. The van der Waals surface area contributed by atoms with E-state index in [1.165, 1.54) is 16.7 Å². The Hall–Kier alpha value is -4.05. The summed E-state index contributed by atoms with van der Waals surface area (Å²) in [5, 5.41) is 3.41. The summed E-state index contributed by atoms with van der Waals surface area (Å²) >= 11 is 0. The van der Waals surface area contributed by atoms with Crippen LogP contribution in [0.15, 0.2) is 109 Å². The molecule has 4 nitrogen and oxygen atoms in total. The highest BCUT2D eigenvalue weighted by molar-refractivity contribution is 5.99. The smallest absolute Gasteiger partial charge is 0.327 e. The summed E-state index contributed by atoms with van der Waals surface area (Å²) < 4.78 is 5.36. The Bertz CT molecular complexity index is 1200. The average Bonchev–Trinajstić information content (AvgIpc) is 2.90. The Morgan fingerprint density at radius 2 is 1.38 bits per heavy atom. The van der Waals surface area contributed by atoms with Gasteiger partial charge in [-0.25, -0.2) is 4.79 Å². The number of fused-ring (bicyclic) bond motifs is 1. The van der Waals surface area contributed by atoms with Crippen LogP contribution < -0.4 is 15.0 Å². The molecule has 1 aliphatic rings. The van der Waals surface area contributed by atoms with Crippen molar-refractivity contribution in [3.63, 3.8) is 0 Å². The molecule has 34 heavy (non-hydrogen) atoms. The molecule has 0 aliphatic heterocycles. The van der Waals surface area contributed by atoms with Crippen molar-refractivity contribution in [2.24, 2.45) is 0 Å². The molecule has 0 aromatic heterocycles. The van der Waals surface area contributed by atoms with Gasteiger partial charge in [0.2, 0.25) is 0 Å². The molecule has 0 unspecified atom stereocenters. The minimum absolute atomic E-state index is 0.138. The molecule has 1 N–H and O–H groups in total. The van der Waals surface area contributed by atoms with Crippen LogP contribution in [0.4, 0.5) is 16.2 Å². The first-order valence-electron chi connectivity index (χ1n) is 11.7. The second-order valence-electron chi connectivity index (χ2n) is 8.55. The van der Waals surface area contributed by atoms with Gasteiger partial charge >= 0.3 is 6.03 Å². The maximum Gasteiger partial charge on any atom is 0.327 e. The molecule has 0 radical (unpaired) electrons. The Morgan fingerprint density at radius 3 is 2.00 bits per heavy atom. The number of nitrogens with zero attached hydrogens (tertiary/aromatic N) is 1. The first-order chi connectivity index (χ1) is 16.7. The Morgan fingerprint density at radius 1 is 0.794 bits per heavy atom. The largest absolute Gasteiger partial charge is 0.497 e. The first-order valence-corrected chi connectivity index (χ1v) is 11.7. The van der Waals surface area contributed by atoms with E-state index in [1.807, 2.05) is 72.8 Å². The summed E-state index contributed by atoms with van der Waals surface area (Å²) in [6, 6.07) is 36.0. The van der Waals surface area contributed by atoms with Gasteiger partial charge in [-0.15, -0.1) is 0 Å². The molecule has 4 aromatic rings. The number of methoxy groups -OCH3 is 1. The number of ether oxygens (including phenoxy) is 1. The normalized spacial score (nSPS) is 16.9. The number of hydrogen-bond donors (Lipinski definition) is 1. The Labute approximate surface area is 200 Å². The van der Waals surface area contributed by atoms with Gasteiger partial charge in [-0.3, -0.25) is 4.90 Å². The minimum Gasteiger partial charge on any atom is -0.497 e. The SMILES string of the molecule is COc1ccc([C@@H]2CCc3ccccc3[C@H]2NC(=O)N(c2ccccc2)c2ccccc2)cc1. The first kappa shape index (κ1) is 21.8. The molecule has 5 rings (SSSR count). The fourth-order valence-corrected chi connectivity index (χ4v) is 4.88. The standard InChI is InChI=1S/C30H28N2O2/c1-34-26-19-16-23(17-20-26)28-21-18-22-10-8-9-15-27(22)29(28)31-30(33)32(24-11-4-2-5-12-24)25-13-6-3-7-14-25/h2-17,19-20,28-29H,18,21H2,1H3,(H,31,33)/t28-,29+/m0/s1. The number of carbonyl (C=O) groups excluding carboxylic acids is 1. The van der Waals surface area contributed by atoms with Gasteiger partial charge in [0.15, 0.2) is 0 Å². The number of nitrogens with one attached hydrogen (secondary N) is 1. The van der Waals surface area contributed by atoms with E-state index in [0.29, 0.717) is 0 Å². The zero-order valence-electron chi connectivity index (χ0n) is 19.2. The summed E-state index contributed by atoms with van der Waals surface area (Å²) in [5.74, 6) is 0.998. The van der Waals surface area contributed by atoms with Gasteiger partial charge in [0, 0.05) is 5.92 Å². The Balaban J connectivity index is 1.52. The molecule has 0 heterocycles. The fourth-order valence-electron chi connectivity index (χ4n) is 4.88. The number of para-hydroxylation sites is 2. The number of aryl methyl sites for hydroxylation is 1. The monoisotopic (exact) mass is 448 g/mol. The van der Waals surface area contributed by atoms with Crippen LogP contribution in [0.5, 0.6) is 5.75 Å². The van der Waals surface area contributed by atoms with Crippen molar-refractivity contribution < 1.29 is 9.53 Å². The highest BCUT2D eigenvalue weighted by Crippen LogP contribution is 2.41. The molecular formula is C30H28N2O2. The van der Waals surface area contributed by atoms with E-state index >= 15 is 0 Å². The fraction of sp³-hybridized carbons (Fsp3) is 0.167. The summed E-state index contributed by atoms with van der Waals surface area (Å²) in [6.45, 7) is 0. The number of hydrogen-bond acceptors (Lipinski definition) is 2. The third-order valence-electron chi connectivity index (χ3n) is 6.57. The number of amides is 2. The zero-order valence-corrected chi connectivity index (χ0v) is 19.2. The molecule has 0 bridgehead atoms. The van der Waals surface area contributed by atoms with Gasteiger partial charge in [0.25, 0.3) is 0 Å². The molecule has 2 atom stereocenters. The van der Waals surface area contributed by atoms with Crippen molar-refractivity contribution in [3.8, 4) is 5.75 Å². The predicted molar refractivity (Wildman–Crippen MR) is 137 cm³/mol. The molecule has 0 saturated heterocycles. The van der Waals surface area contributed by atoms with Crippen LogP contribution in [0, 0.1) is 0 Å². The number of urea groups is 1. The van der Waals surface area contributed by atoms with Gasteiger partial charge in [0.1, 0.15) is 5.75 Å². The van der Waals surface area contributed by atoms with Gasteiger partial charge in [-0.1, -0.05) is 72.8 Å². The maximum absolute atomic E-state index is 13.9. The van der Waals surface area contributed by atoms with Crippen molar-refractivity contribution in [2.45, 2.75) is 24.8 Å². The van der Waals surface area contributed by atoms with Crippen molar-refractivity contribution in [1.82, 2.24) is 5.32 Å². The molecule has 4 aromatic carbocycles. The predicted octanol–water partition coefficient (Wildman–Crippen LogP) is 7.01. The number of carbonyl (C=O) groups is 1. The van der Waals surface area contributed by atoms with Gasteiger partial charge < -0.3 is 10.1 Å². The Kier molecular flexibility index (Phi) is 6.30. The van der Waals surface area contributed by atoms with E-state index in [4.69, 9.17) is 4.74 Å². The van der Waals surface area contributed by atoms with Crippen LogP contribution in [-0.4, -0.2) is 13.1 Å². The number of anilines is 2. The lowest BCUT2D eigenvalue weighted by Gasteiger charge is -2.36. The van der Waals surface area contributed by atoms with E-state index in [9.17, 15) is 4.79 Å². The molecule has 1 aliphatic carbocycles. The van der Waals surface area contributed by atoms with Crippen LogP contribution in [-0.2, 0) is 6.42 Å². The highest BCUT2D eigenvalue weighted by Gasteiger charge is 2.33. The van der Waals surface area contributed by atoms with Gasteiger partial charge in [-0.2, -0.15) is 0 Å². The third kappa shape index (κ3) is 4.40. The molecule has 2 amide bonds. The van der Waals surface area contributed by atoms with Gasteiger partial charge in [0.05, 0.1) is 24.5 Å². The number of benzene rings is 4. The second-order valence-corrected chi connectivity index (χ2v) is 8.55. The van der Waals surface area contributed by atoms with Crippen molar-refractivity contribution in [1.29, 1.82) is 0 Å². The van der Waals surface area contributed by atoms with E-state index in [2.05, 4.69) is 41.7 Å². The average molecular weight is 449 g/mol. The topological polar surface area (TPSA) is 41.6 Å². The number of rotatable bonds is 5. The summed E-state index contributed by atoms with van der Waals surface area (Å²) in [5.41, 5.74) is 5.34. The quantitative estimate of drug-likeness (QED) is 0.357. The summed E-state index contributed by atoms with van der Waals surface area (Å²) in [7, 11) is 1.68. The van der Waals surface area contributed by atoms with Gasteiger partial charge in [-0.05, 0) is 65.9 Å². The van der Waals surface area contributed by atoms with E-state index < -0.39 is 0 Å². The lowest BCUT2D eigenvalue weighted by molar-refractivity contribution is 0.241. The maximum atomic E-state index is 13.9. The molecule has 0 fully saturated rings. The lowest BCUT2D eigenvalue weighted by atomic mass is 9.76. The molecular weight excluding hydrogens is 420 g/mol. The lowest BCUT2D eigenvalue weighted by Crippen LogP contribution is -2.42. The van der Waals surface area contributed by atoms with Crippen LogP contribution >= 0.6 is 0 Å². The van der Waals surface area contributed by atoms with Crippen molar-refractivity contribution in [3.05, 3.63) is 126 Å². The van der Waals surface area contributed by atoms with E-state index in [0.717, 1.165) is 30.0 Å². The van der Waals surface area contributed by atoms with Crippen LogP contribution in [0.25, 0.3) is 0 Å². The van der Waals surface area contributed by atoms with E-state index in [1.54, 1.807) is 12.0 Å². The zero-order chi connectivity index (χ0) is 23.3. The second kappa shape index (κ2) is 9.84. The minimum atomic E-state index is -0.141.